The van der Waals surface area contributed by atoms with Gasteiger partial charge in [0.1, 0.15) is 0 Å². The lowest BCUT2D eigenvalue weighted by molar-refractivity contribution is -0.121. The molecule has 80 valence electrons. The molecular formula is C8H15N3O3. The van der Waals surface area contributed by atoms with Crippen LogP contribution >= 0.6 is 0 Å². The number of hydrogen-bond acceptors (Lipinski definition) is 4. The summed E-state index contributed by atoms with van der Waals surface area (Å²) < 4.78 is 4.52. The summed E-state index contributed by atoms with van der Waals surface area (Å²) in [5.74, 6) is -0.0537. The lowest BCUT2D eigenvalue weighted by Gasteiger charge is -2.38. The van der Waals surface area contributed by atoms with Gasteiger partial charge in [0, 0.05) is 13.1 Å². The number of carbonyl (C=O) groups is 2. The molecule has 2 N–H and O–H groups in total. The smallest absolute Gasteiger partial charge is 0.409 e. The molecule has 2 amide bonds. The van der Waals surface area contributed by atoms with Crippen molar-refractivity contribution in [3.8, 4) is 0 Å². The van der Waals surface area contributed by atoms with Crippen LogP contribution in [-0.4, -0.2) is 56.7 Å². The molecule has 1 heterocycles. The van der Waals surface area contributed by atoms with Gasteiger partial charge in [-0.1, -0.05) is 0 Å². The van der Waals surface area contributed by atoms with Gasteiger partial charge < -0.3 is 20.3 Å². The minimum atomic E-state index is -0.343. The molecule has 1 aliphatic heterocycles. The van der Waals surface area contributed by atoms with Crippen molar-refractivity contribution in [2.75, 3.05) is 33.8 Å². The number of carbonyl (C=O) groups excluding carboxylic acids is 2. The van der Waals surface area contributed by atoms with Crippen LogP contribution in [0.1, 0.15) is 0 Å². The van der Waals surface area contributed by atoms with Crippen molar-refractivity contribution >= 4 is 12.0 Å². The third-order valence-electron chi connectivity index (χ3n) is 2.02. The Bertz CT molecular complexity index is 226. The predicted octanol–water partition coefficient (Wildman–Crippen LogP) is -1.23. The second-order valence-electron chi connectivity index (χ2n) is 3.17. The summed E-state index contributed by atoms with van der Waals surface area (Å²) in [5, 5.41) is 5.52. The maximum atomic E-state index is 11.1. The lowest BCUT2D eigenvalue weighted by Crippen LogP contribution is -2.61. The minimum absolute atomic E-state index is 0.0537. The molecule has 6 nitrogen and oxygen atoms in total. The number of methoxy groups -OCH3 is 1. The van der Waals surface area contributed by atoms with Gasteiger partial charge >= 0.3 is 6.09 Å². The highest BCUT2D eigenvalue weighted by molar-refractivity contribution is 5.79. The van der Waals surface area contributed by atoms with Crippen molar-refractivity contribution in [2.45, 2.75) is 6.04 Å². The standard InChI is InChI=1S/C8H15N3O3/c1-9-3-7(12)10-6-4-11(5-6)8(13)14-2/h6,9H,3-5H2,1-2H3,(H,10,12). The van der Waals surface area contributed by atoms with Crippen LogP contribution in [-0.2, 0) is 9.53 Å². The molecule has 1 rings (SSSR count). The largest absolute Gasteiger partial charge is 0.453 e. The summed E-state index contributed by atoms with van der Waals surface area (Å²) in [5.41, 5.74) is 0. The van der Waals surface area contributed by atoms with E-state index in [1.165, 1.54) is 12.0 Å². The van der Waals surface area contributed by atoms with E-state index >= 15 is 0 Å². The molecule has 0 aromatic rings. The lowest BCUT2D eigenvalue weighted by atomic mass is 10.1. The predicted molar refractivity (Wildman–Crippen MR) is 49.8 cm³/mol. The van der Waals surface area contributed by atoms with Crippen molar-refractivity contribution in [2.24, 2.45) is 0 Å². The Morgan fingerprint density at radius 1 is 1.50 bits per heavy atom. The highest BCUT2D eigenvalue weighted by Crippen LogP contribution is 2.08. The number of amides is 2. The molecular weight excluding hydrogens is 186 g/mol. The Kier molecular flexibility index (Phi) is 3.70. The van der Waals surface area contributed by atoms with E-state index in [0.717, 1.165) is 0 Å². The van der Waals surface area contributed by atoms with Gasteiger partial charge in [-0.3, -0.25) is 4.79 Å². The van der Waals surface area contributed by atoms with Crippen molar-refractivity contribution in [1.82, 2.24) is 15.5 Å². The number of nitrogens with zero attached hydrogens (tertiary/aromatic N) is 1. The average Bonchev–Trinajstić information content (AvgIpc) is 2.10. The van der Waals surface area contributed by atoms with Gasteiger partial charge in [-0.15, -0.1) is 0 Å². The summed E-state index contributed by atoms with van der Waals surface area (Å²) in [6, 6.07) is 0.0648. The highest BCUT2D eigenvalue weighted by atomic mass is 16.5. The Morgan fingerprint density at radius 3 is 2.64 bits per heavy atom. The fraction of sp³-hybridized carbons (Fsp3) is 0.750. The van der Waals surface area contributed by atoms with E-state index in [-0.39, 0.29) is 18.0 Å². The van der Waals surface area contributed by atoms with Gasteiger partial charge in [0.25, 0.3) is 0 Å². The van der Waals surface area contributed by atoms with E-state index in [1.54, 1.807) is 7.05 Å². The first-order valence-corrected chi connectivity index (χ1v) is 4.44. The summed E-state index contributed by atoms with van der Waals surface area (Å²) >= 11 is 0. The van der Waals surface area contributed by atoms with Crippen LogP contribution in [0.25, 0.3) is 0 Å². The van der Waals surface area contributed by atoms with E-state index in [2.05, 4.69) is 15.4 Å². The molecule has 6 heteroatoms. The van der Waals surface area contributed by atoms with Gasteiger partial charge in [0.15, 0.2) is 0 Å². The summed E-state index contributed by atoms with van der Waals surface area (Å²) in [7, 11) is 3.05. The van der Waals surface area contributed by atoms with Crippen LogP contribution in [0.2, 0.25) is 0 Å². The van der Waals surface area contributed by atoms with Crippen LogP contribution < -0.4 is 10.6 Å². The molecule has 1 saturated heterocycles. The highest BCUT2D eigenvalue weighted by Gasteiger charge is 2.31. The monoisotopic (exact) mass is 201 g/mol. The SMILES string of the molecule is CNCC(=O)NC1CN(C(=O)OC)C1. The maximum Gasteiger partial charge on any atom is 0.409 e. The van der Waals surface area contributed by atoms with Gasteiger partial charge in [0.2, 0.25) is 5.91 Å². The third kappa shape index (κ3) is 2.59. The van der Waals surface area contributed by atoms with E-state index in [4.69, 9.17) is 0 Å². The average molecular weight is 201 g/mol. The van der Waals surface area contributed by atoms with E-state index in [1.807, 2.05) is 0 Å². The molecule has 0 atom stereocenters. The third-order valence-corrected chi connectivity index (χ3v) is 2.02. The Labute approximate surface area is 82.6 Å². The van der Waals surface area contributed by atoms with Gasteiger partial charge in [-0.25, -0.2) is 4.79 Å². The first kappa shape index (κ1) is 10.8. The molecule has 0 bridgehead atoms. The van der Waals surface area contributed by atoms with Crippen molar-refractivity contribution < 1.29 is 14.3 Å². The number of likely N-dealkylation sites (N-methyl/N-ethyl adjacent to an activating group) is 1. The fourth-order valence-corrected chi connectivity index (χ4v) is 1.29. The first-order valence-electron chi connectivity index (χ1n) is 4.44. The molecule has 0 unspecified atom stereocenters. The first-order chi connectivity index (χ1) is 6.67. The molecule has 14 heavy (non-hydrogen) atoms. The Balaban J connectivity index is 2.15. The topological polar surface area (TPSA) is 70.7 Å². The Hall–Kier alpha value is -1.30. The van der Waals surface area contributed by atoms with E-state index in [9.17, 15) is 9.59 Å². The normalized spacial score (nSPS) is 16.0. The quantitative estimate of drug-likeness (QED) is 0.600. The van der Waals surface area contributed by atoms with Crippen molar-refractivity contribution in [3.63, 3.8) is 0 Å². The van der Waals surface area contributed by atoms with E-state index < -0.39 is 0 Å². The zero-order valence-corrected chi connectivity index (χ0v) is 8.37. The van der Waals surface area contributed by atoms with Crippen LogP contribution in [0.4, 0.5) is 4.79 Å². The van der Waals surface area contributed by atoms with Crippen molar-refractivity contribution in [1.29, 1.82) is 0 Å². The zero-order chi connectivity index (χ0) is 10.6. The molecule has 0 aliphatic carbocycles. The van der Waals surface area contributed by atoms with Crippen LogP contribution in [0.5, 0.6) is 0 Å². The van der Waals surface area contributed by atoms with Crippen LogP contribution in [0.15, 0.2) is 0 Å². The molecule has 0 aromatic carbocycles. The second kappa shape index (κ2) is 4.80. The zero-order valence-electron chi connectivity index (χ0n) is 8.37. The summed E-state index contributed by atoms with van der Waals surface area (Å²) in [4.78, 5) is 23.5. The molecule has 0 radical (unpaired) electrons. The molecule has 0 spiro atoms. The minimum Gasteiger partial charge on any atom is -0.453 e. The molecule has 1 fully saturated rings. The molecule has 0 aromatic heterocycles. The van der Waals surface area contributed by atoms with Gasteiger partial charge in [-0.05, 0) is 7.05 Å². The number of rotatable bonds is 3. The fourth-order valence-electron chi connectivity index (χ4n) is 1.29. The number of ether oxygens (including phenoxy) is 1. The molecule has 0 saturated carbocycles. The summed E-state index contributed by atoms with van der Waals surface area (Å²) in [6.45, 7) is 1.36. The van der Waals surface area contributed by atoms with E-state index in [0.29, 0.717) is 19.6 Å². The van der Waals surface area contributed by atoms with Gasteiger partial charge in [-0.2, -0.15) is 0 Å². The number of likely N-dealkylation sites (tertiary alicyclic amines) is 1. The maximum absolute atomic E-state index is 11.1. The molecule has 1 aliphatic rings. The number of nitrogens with one attached hydrogen (secondary N) is 2. The summed E-state index contributed by atoms with van der Waals surface area (Å²) in [6.07, 6.45) is -0.343. The Morgan fingerprint density at radius 2 is 2.14 bits per heavy atom. The van der Waals surface area contributed by atoms with Crippen LogP contribution in [0, 0.1) is 0 Å². The van der Waals surface area contributed by atoms with Crippen LogP contribution in [0.3, 0.4) is 0 Å². The van der Waals surface area contributed by atoms with Crippen molar-refractivity contribution in [3.05, 3.63) is 0 Å². The second-order valence-corrected chi connectivity index (χ2v) is 3.17. The van der Waals surface area contributed by atoms with Gasteiger partial charge in [0.05, 0.1) is 19.7 Å². The number of hydrogen-bond donors (Lipinski definition) is 2.